The van der Waals surface area contributed by atoms with Crippen molar-refractivity contribution in [3.63, 3.8) is 0 Å². The van der Waals surface area contributed by atoms with Gasteiger partial charge in [0.15, 0.2) is 5.82 Å². The summed E-state index contributed by atoms with van der Waals surface area (Å²) in [5, 5.41) is 9.35. The Morgan fingerprint density at radius 1 is 1.48 bits per heavy atom. The number of amides is 1. The molecular weight excluding hydrogens is 297 g/mol. The Labute approximate surface area is 126 Å². The second kappa shape index (κ2) is 6.58. The predicted octanol–water partition coefficient (Wildman–Crippen LogP) is 3.60. The summed E-state index contributed by atoms with van der Waals surface area (Å²) in [7, 11) is 0. The molecule has 1 heterocycles. The van der Waals surface area contributed by atoms with Crippen LogP contribution in [-0.4, -0.2) is 17.1 Å². The average Bonchev–Trinajstić information content (AvgIpc) is 2.85. The van der Waals surface area contributed by atoms with Crippen LogP contribution in [0, 0.1) is 12.7 Å². The minimum Gasteiger partial charge on any atom is -0.374 e. The quantitative estimate of drug-likeness (QED) is 0.885. The molecule has 2 aromatic rings. The molecule has 0 radical (unpaired) electrons. The molecule has 0 aliphatic carbocycles. The van der Waals surface area contributed by atoms with Crippen LogP contribution < -0.4 is 10.6 Å². The lowest BCUT2D eigenvalue weighted by Crippen LogP contribution is -2.34. The van der Waals surface area contributed by atoms with Crippen molar-refractivity contribution in [3.05, 3.63) is 40.9 Å². The fraction of sp³-hybridized carbons (Fsp3) is 0.286. The molecule has 5 nitrogen and oxygen atoms in total. The highest BCUT2D eigenvalue weighted by atomic mass is 35.5. The van der Waals surface area contributed by atoms with E-state index in [1.165, 1.54) is 18.2 Å². The van der Waals surface area contributed by atoms with Crippen molar-refractivity contribution in [2.24, 2.45) is 0 Å². The molecule has 2 rings (SSSR count). The van der Waals surface area contributed by atoms with E-state index in [2.05, 4.69) is 15.8 Å². The highest BCUT2D eigenvalue weighted by Gasteiger charge is 2.18. The summed E-state index contributed by atoms with van der Waals surface area (Å²) >= 11 is 5.71. The molecule has 1 atom stereocenters. The van der Waals surface area contributed by atoms with Crippen LogP contribution in [0.15, 0.2) is 28.8 Å². The van der Waals surface area contributed by atoms with Gasteiger partial charge >= 0.3 is 0 Å². The van der Waals surface area contributed by atoms with Crippen LogP contribution in [-0.2, 0) is 4.79 Å². The van der Waals surface area contributed by atoms with E-state index in [4.69, 9.17) is 16.1 Å². The van der Waals surface area contributed by atoms with Crippen LogP contribution in [0.5, 0.6) is 0 Å². The maximum absolute atomic E-state index is 13.1. The summed E-state index contributed by atoms with van der Waals surface area (Å²) in [6, 6.07) is 5.34. The van der Waals surface area contributed by atoms with Gasteiger partial charge in [0.2, 0.25) is 5.91 Å². The van der Waals surface area contributed by atoms with E-state index >= 15 is 0 Å². The topological polar surface area (TPSA) is 67.2 Å². The summed E-state index contributed by atoms with van der Waals surface area (Å²) in [5.74, 6) is 0.204. The van der Waals surface area contributed by atoms with Gasteiger partial charge in [-0.1, -0.05) is 23.7 Å². The highest BCUT2D eigenvalue weighted by molar-refractivity contribution is 6.31. The number of aryl methyl sites for hydroxylation is 1. The van der Waals surface area contributed by atoms with Gasteiger partial charge in [0.05, 0.1) is 5.02 Å². The van der Waals surface area contributed by atoms with E-state index in [0.717, 1.165) is 0 Å². The molecule has 0 unspecified atom stereocenters. The first-order valence-corrected chi connectivity index (χ1v) is 6.83. The predicted molar refractivity (Wildman–Crippen MR) is 79.0 cm³/mol. The Hall–Kier alpha value is -2.08. The van der Waals surface area contributed by atoms with E-state index < -0.39 is 11.9 Å². The molecule has 0 saturated carbocycles. The van der Waals surface area contributed by atoms with E-state index in [1.807, 2.05) is 6.92 Å². The molecule has 0 fully saturated rings. The number of hydrogen-bond acceptors (Lipinski definition) is 4. The second-order valence-corrected chi connectivity index (χ2v) is 4.95. The number of halogens is 2. The molecule has 0 bridgehead atoms. The van der Waals surface area contributed by atoms with Gasteiger partial charge in [-0.2, -0.15) is 0 Å². The smallest absolute Gasteiger partial charge is 0.248 e. The number of nitrogens with one attached hydrogen (secondary N) is 2. The van der Waals surface area contributed by atoms with Gasteiger partial charge in [-0.15, -0.1) is 0 Å². The van der Waals surface area contributed by atoms with Gasteiger partial charge in [-0.25, -0.2) is 4.39 Å². The largest absolute Gasteiger partial charge is 0.374 e. The van der Waals surface area contributed by atoms with Crippen LogP contribution in [0.2, 0.25) is 5.02 Å². The fourth-order valence-corrected chi connectivity index (χ4v) is 1.96. The van der Waals surface area contributed by atoms with Crippen molar-refractivity contribution in [1.29, 1.82) is 0 Å². The van der Waals surface area contributed by atoms with Gasteiger partial charge in [0.1, 0.15) is 17.6 Å². The van der Waals surface area contributed by atoms with Crippen molar-refractivity contribution in [3.8, 4) is 0 Å². The zero-order valence-corrected chi connectivity index (χ0v) is 12.4. The number of carbonyl (C=O) groups excluding carboxylic acids is 1. The third kappa shape index (κ3) is 3.95. The lowest BCUT2D eigenvalue weighted by atomic mass is 10.2. The Morgan fingerprint density at radius 3 is 2.81 bits per heavy atom. The number of aromatic nitrogens is 1. The molecule has 1 aromatic carbocycles. The maximum atomic E-state index is 13.1. The summed E-state index contributed by atoms with van der Waals surface area (Å²) in [6.45, 7) is 3.59. The zero-order chi connectivity index (χ0) is 15.4. The van der Waals surface area contributed by atoms with E-state index in [0.29, 0.717) is 23.7 Å². The standard InChI is InChI=1S/C14H15ClFN3O2/c1-3-12(14(20)18-13-6-8(2)21-19-13)17-9-4-5-11(16)10(15)7-9/h4-7,12,17H,3H2,1-2H3,(H,18,19,20)/t12-/m1/s1. The average molecular weight is 312 g/mol. The Morgan fingerprint density at radius 2 is 2.24 bits per heavy atom. The third-order valence-corrected chi connectivity index (χ3v) is 3.15. The number of carbonyl (C=O) groups is 1. The normalized spacial score (nSPS) is 12.0. The molecule has 7 heteroatoms. The molecular formula is C14H15ClFN3O2. The highest BCUT2D eigenvalue weighted by Crippen LogP contribution is 2.20. The fourth-order valence-electron chi connectivity index (χ4n) is 1.78. The van der Waals surface area contributed by atoms with Gasteiger partial charge in [0, 0.05) is 11.8 Å². The lowest BCUT2D eigenvalue weighted by molar-refractivity contribution is -0.117. The SMILES string of the molecule is CC[C@@H](Nc1ccc(F)c(Cl)c1)C(=O)Nc1cc(C)on1. The number of rotatable bonds is 5. The third-order valence-electron chi connectivity index (χ3n) is 2.86. The number of benzene rings is 1. The van der Waals surface area contributed by atoms with Crippen LogP contribution in [0.1, 0.15) is 19.1 Å². The Balaban J connectivity index is 2.04. The summed E-state index contributed by atoms with van der Waals surface area (Å²) in [4.78, 5) is 12.1. The molecule has 0 aliphatic heterocycles. The number of nitrogens with zero attached hydrogens (tertiary/aromatic N) is 1. The number of hydrogen-bond donors (Lipinski definition) is 2. The molecule has 0 aliphatic rings. The van der Waals surface area contributed by atoms with E-state index in [-0.39, 0.29) is 10.9 Å². The molecule has 0 saturated heterocycles. The van der Waals surface area contributed by atoms with Gasteiger partial charge < -0.3 is 15.2 Å². The first kappa shape index (κ1) is 15.3. The van der Waals surface area contributed by atoms with Gasteiger partial charge in [-0.05, 0) is 31.5 Å². The maximum Gasteiger partial charge on any atom is 0.248 e. The number of anilines is 2. The van der Waals surface area contributed by atoms with Crippen molar-refractivity contribution >= 4 is 29.0 Å². The first-order valence-electron chi connectivity index (χ1n) is 6.45. The molecule has 0 spiro atoms. The minimum absolute atomic E-state index is 0.00221. The zero-order valence-electron chi connectivity index (χ0n) is 11.6. The Kier molecular flexibility index (Phi) is 4.80. The van der Waals surface area contributed by atoms with Crippen LogP contribution in [0.25, 0.3) is 0 Å². The van der Waals surface area contributed by atoms with Crippen LogP contribution in [0.3, 0.4) is 0 Å². The van der Waals surface area contributed by atoms with Crippen molar-refractivity contribution in [1.82, 2.24) is 5.16 Å². The minimum atomic E-state index is -0.502. The molecule has 1 amide bonds. The first-order chi connectivity index (χ1) is 9.99. The van der Waals surface area contributed by atoms with Gasteiger partial charge in [-0.3, -0.25) is 4.79 Å². The summed E-state index contributed by atoms with van der Waals surface area (Å²) in [5.41, 5.74) is 0.569. The van der Waals surface area contributed by atoms with Crippen LogP contribution in [0.4, 0.5) is 15.9 Å². The molecule has 1 aromatic heterocycles. The van der Waals surface area contributed by atoms with E-state index in [9.17, 15) is 9.18 Å². The second-order valence-electron chi connectivity index (χ2n) is 4.55. The summed E-state index contributed by atoms with van der Waals surface area (Å²) in [6.07, 6.45) is 0.539. The van der Waals surface area contributed by atoms with Crippen LogP contribution >= 0.6 is 11.6 Å². The van der Waals surface area contributed by atoms with Crippen molar-refractivity contribution in [2.75, 3.05) is 10.6 Å². The molecule has 2 N–H and O–H groups in total. The Bertz CT molecular complexity index is 645. The monoisotopic (exact) mass is 311 g/mol. The van der Waals surface area contributed by atoms with Gasteiger partial charge in [0.25, 0.3) is 0 Å². The van der Waals surface area contributed by atoms with Crippen molar-refractivity contribution in [2.45, 2.75) is 26.3 Å². The van der Waals surface area contributed by atoms with E-state index in [1.54, 1.807) is 13.0 Å². The lowest BCUT2D eigenvalue weighted by Gasteiger charge is -2.17. The van der Waals surface area contributed by atoms with Crippen molar-refractivity contribution < 1.29 is 13.7 Å². The summed E-state index contributed by atoms with van der Waals surface area (Å²) < 4.78 is 18.0. The molecule has 112 valence electrons. The molecule has 21 heavy (non-hydrogen) atoms.